The first-order valence-corrected chi connectivity index (χ1v) is 6.26. The average molecular weight is 224 g/mol. The van der Waals surface area contributed by atoms with Crippen molar-refractivity contribution in [1.82, 2.24) is 0 Å². The molecule has 0 radical (unpaired) electrons. The van der Waals surface area contributed by atoms with Crippen molar-refractivity contribution in [3.05, 3.63) is 59.2 Å². The summed E-state index contributed by atoms with van der Waals surface area (Å²) in [6.07, 6.45) is 0. The van der Waals surface area contributed by atoms with Crippen LogP contribution in [0.1, 0.15) is 36.5 Å². The molecule has 0 aromatic heterocycles. The number of aryl methyl sites for hydroxylation is 2. The Morgan fingerprint density at radius 1 is 0.706 bits per heavy atom. The Kier molecular flexibility index (Phi) is 3.33. The second-order valence-electron chi connectivity index (χ2n) is 5.01. The number of benzene rings is 2. The van der Waals surface area contributed by atoms with Crippen molar-refractivity contribution >= 4 is 0 Å². The first kappa shape index (κ1) is 11.9. The molecule has 0 fully saturated rings. The van der Waals surface area contributed by atoms with E-state index in [0.29, 0.717) is 5.92 Å². The van der Waals surface area contributed by atoms with Crippen molar-refractivity contribution in [3.63, 3.8) is 0 Å². The summed E-state index contributed by atoms with van der Waals surface area (Å²) in [7, 11) is 0. The van der Waals surface area contributed by atoms with Gasteiger partial charge in [-0.25, -0.2) is 0 Å². The van der Waals surface area contributed by atoms with Gasteiger partial charge in [0.05, 0.1) is 0 Å². The molecule has 0 saturated heterocycles. The fourth-order valence-electron chi connectivity index (χ4n) is 2.56. The predicted octanol–water partition coefficient (Wildman–Crippen LogP) is 5.09. The van der Waals surface area contributed by atoms with Crippen molar-refractivity contribution in [2.75, 3.05) is 0 Å². The molecule has 0 saturated carbocycles. The summed E-state index contributed by atoms with van der Waals surface area (Å²) in [6.45, 7) is 8.92. The molecule has 2 aromatic rings. The fraction of sp³-hybridized carbons (Fsp3) is 0.294. The largest absolute Gasteiger partial charge is 0.0620 e. The summed E-state index contributed by atoms with van der Waals surface area (Å²) in [5.41, 5.74) is 6.96. The lowest BCUT2D eigenvalue weighted by molar-refractivity contribution is 0.859. The molecule has 17 heavy (non-hydrogen) atoms. The lowest BCUT2D eigenvalue weighted by Crippen LogP contribution is -1.97. The Bertz CT molecular complexity index is 521. The summed E-state index contributed by atoms with van der Waals surface area (Å²) >= 11 is 0. The van der Waals surface area contributed by atoms with E-state index in [1.807, 2.05) is 0 Å². The van der Waals surface area contributed by atoms with Gasteiger partial charge in [-0.05, 0) is 47.6 Å². The summed E-state index contributed by atoms with van der Waals surface area (Å²) in [5.74, 6) is 0.561. The van der Waals surface area contributed by atoms with Crippen LogP contribution in [0.2, 0.25) is 0 Å². The van der Waals surface area contributed by atoms with Crippen molar-refractivity contribution in [2.45, 2.75) is 33.6 Å². The van der Waals surface area contributed by atoms with E-state index in [1.165, 1.54) is 27.8 Å². The van der Waals surface area contributed by atoms with Crippen LogP contribution in [-0.2, 0) is 0 Å². The lowest BCUT2D eigenvalue weighted by Gasteiger charge is -2.17. The normalized spacial score (nSPS) is 10.9. The maximum atomic E-state index is 2.27. The van der Waals surface area contributed by atoms with Gasteiger partial charge in [0, 0.05) is 0 Å². The molecule has 0 unspecified atom stereocenters. The highest BCUT2D eigenvalue weighted by molar-refractivity contribution is 5.72. The van der Waals surface area contributed by atoms with E-state index in [-0.39, 0.29) is 0 Å². The minimum absolute atomic E-state index is 0.561. The molecule has 0 bridgehead atoms. The standard InChI is InChI=1S/C17H20/c1-12(2)17-14(4)9-7-11-16(17)15-10-6-5-8-13(15)3/h5-12H,1-4H3. The number of hydrogen-bond acceptors (Lipinski definition) is 0. The van der Waals surface area contributed by atoms with Crippen LogP contribution < -0.4 is 0 Å². The molecular formula is C17H20. The van der Waals surface area contributed by atoms with Gasteiger partial charge in [-0.1, -0.05) is 56.3 Å². The third-order valence-electron chi connectivity index (χ3n) is 3.34. The van der Waals surface area contributed by atoms with Gasteiger partial charge in [-0.3, -0.25) is 0 Å². The van der Waals surface area contributed by atoms with Crippen LogP contribution in [0.25, 0.3) is 11.1 Å². The molecule has 0 amide bonds. The highest BCUT2D eigenvalue weighted by atomic mass is 14.2. The number of rotatable bonds is 2. The molecule has 0 aliphatic carbocycles. The van der Waals surface area contributed by atoms with Crippen molar-refractivity contribution < 1.29 is 0 Å². The Hall–Kier alpha value is -1.56. The van der Waals surface area contributed by atoms with Crippen LogP contribution in [0.3, 0.4) is 0 Å². The molecule has 88 valence electrons. The van der Waals surface area contributed by atoms with Crippen LogP contribution in [0, 0.1) is 13.8 Å². The maximum absolute atomic E-state index is 2.27. The Balaban J connectivity index is 2.68. The van der Waals surface area contributed by atoms with Gasteiger partial charge >= 0.3 is 0 Å². The second kappa shape index (κ2) is 4.75. The summed E-state index contributed by atoms with van der Waals surface area (Å²) in [5, 5.41) is 0. The van der Waals surface area contributed by atoms with Crippen molar-refractivity contribution in [3.8, 4) is 11.1 Å². The van der Waals surface area contributed by atoms with E-state index >= 15 is 0 Å². The monoisotopic (exact) mass is 224 g/mol. The molecule has 0 N–H and O–H groups in total. The average Bonchev–Trinajstić information content (AvgIpc) is 2.28. The van der Waals surface area contributed by atoms with Crippen LogP contribution >= 0.6 is 0 Å². The van der Waals surface area contributed by atoms with Crippen molar-refractivity contribution in [2.24, 2.45) is 0 Å². The molecule has 0 spiro atoms. The van der Waals surface area contributed by atoms with Crippen LogP contribution in [0.15, 0.2) is 42.5 Å². The molecule has 0 aliphatic heterocycles. The highest BCUT2D eigenvalue weighted by Gasteiger charge is 2.11. The molecule has 0 nitrogen and oxygen atoms in total. The zero-order valence-electron chi connectivity index (χ0n) is 11.1. The molecule has 0 atom stereocenters. The van der Waals surface area contributed by atoms with E-state index in [0.717, 1.165) is 0 Å². The van der Waals surface area contributed by atoms with Gasteiger partial charge in [0.25, 0.3) is 0 Å². The zero-order chi connectivity index (χ0) is 12.4. The minimum Gasteiger partial charge on any atom is -0.0620 e. The molecule has 0 heteroatoms. The van der Waals surface area contributed by atoms with Crippen LogP contribution in [0.4, 0.5) is 0 Å². The first-order valence-electron chi connectivity index (χ1n) is 6.26. The van der Waals surface area contributed by atoms with Gasteiger partial charge < -0.3 is 0 Å². The maximum Gasteiger partial charge on any atom is -0.0144 e. The van der Waals surface area contributed by atoms with Gasteiger partial charge in [-0.2, -0.15) is 0 Å². The third-order valence-corrected chi connectivity index (χ3v) is 3.34. The first-order chi connectivity index (χ1) is 8.11. The van der Waals surface area contributed by atoms with Crippen LogP contribution in [-0.4, -0.2) is 0 Å². The molecule has 0 heterocycles. The molecule has 0 aliphatic rings. The highest BCUT2D eigenvalue weighted by Crippen LogP contribution is 2.33. The van der Waals surface area contributed by atoms with Gasteiger partial charge in [0.1, 0.15) is 0 Å². The van der Waals surface area contributed by atoms with Crippen molar-refractivity contribution in [1.29, 1.82) is 0 Å². The topological polar surface area (TPSA) is 0 Å². The summed E-state index contributed by atoms with van der Waals surface area (Å²) in [6, 6.07) is 15.2. The minimum atomic E-state index is 0.561. The zero-order valence-corrected chi connectivity index (χ0v) is 11.1. The predicted molar refractivity (Wildman–Crippen MR) is 75.4 cm³/mol. The number of hydrogen-bond donors (Lipinski definition) is 0. The van der Waals surface area contributed by atoms with E-state index < -0.39 is 0 Å². The van der Waals surface area contributed by atoms with Gasteiger partial charge in [-0.15, -0.1) is 0 Å². The third kappa shape index (κ3) is 2.26. The Labute approximate surface area is 104 Å². The van der Waals surface area contributed by atoms with Crippen LogP contribution in [0.5, 0.6) is 0 Å². The lowest BCUT2D eigenvalue weighted by atomic mass is 9.87. The van der Waals surface area contributed by atoms with Gasteiger partial charge in [0.2, 0.25) is 0 Å². The van der Waals surface area contributed by atoms with E-state index in [9.17, 15) is 0 Å². The fourth-order valence-corrected chi connectivity index (χ4v) is 2.56. The Morgan fingerprint density at radius 2 is 1.29 bits per heavy atom. The summed E-state index contributed by atoms with van der Waals surface area (Å²) < 4.78 is 0. The SMILES string of the molecule is Cc1ccccc1-c1cccc(C)c1C(C)C. The Morgan fingerprint density at radius 3 is 1.94 bits per heavy atom. The summed E-state index contributed by atoms with van der Waals surface area (Å²) in [4.78, 5) is 0. The van der Waals surface area contributed by atoms with Gasteiger partial charge in [0.15, 0.2) is 0 Å². The smallest absolute Gasteiger partial charge is 0.0144 e. The molecular weight excluding hydrogens is 204 g/mol. The van der Waals surface area contributed by atoms with E-state index in [4.69, 9.17) is 0 Å². The second-order valence-corrected chi connectivity index (χ2v) is 5.01. The quantitative estimate of drug-likeness (QED) is 0.666. The van der Waals surface area contributed by atoms with E-state index in [1.54, 1.807) is 0 Å². The molecule has 2 rings (SSSR count). The molecule has 2 aromatic carbocycles. The van der Waals surface area contributed by atoms with E-state index in [2.05, 4.69) is 70.2 Å².